The molecule has 0 amide bonds. The number of nitrogens with two attached hydrogens (primary N) is 1. The number of nitrogens with zero attached hydrogens (tertiary/aromatic N) is 1. The van der Waals surface area contributed by atoms with Crippen LogP contribution in [0.5, 0.6) is 0 Å². The summed E-state index contributed by atoms with van der Waals surface area (Å²) in [5.74, 6) is 0. The fourth-order valence-corrected chi connectivity index (χ4v) is 3.09. The number of hydrogen-bond donors (Lipinski definition) is 1. The fourth-order valence-electron chi connectivity index (χ4n) is 2.15. The van der Waals surface area contributed by atoms with Gasteiger partial charge in [0.2, 0.25) is 0 Å². The van der Waals surface area contributed by atoms with Crippen molar-refractivity contribution in [3.63, 3.8) is 0 Å². The summed E-state index contributed by atoms with van der Waals surface area (Å²) in [6.45, 7) is 5.01. The van der Waals surface area contributed by atoms with Gasteiger partial charge in [0.05, 0.1) is 0 Å². The highest BCUT2D eigenvalue weighted by Crippen LogP contribution is 2.32. The van der Waals surface area contributed by atoms with Crippen LogP contribution >= 0.6 is 11.8 Å². The molecule has 112 valence electrons. The Morgan fingerprint density at radius 1 is 1.00 bits per heavy atom. The summed E-state index contributed by atoms with van der Waals surface area (Å²) < 4.78 is 0. The lowest BCUT2D eigenvalue weighted by atomic mass is 9.96. The Morgan fingerprint density at radius 3 is 2.19 bits per heavy atom. The highest BCUT2D eigenvalue weighted by molar-refractivity contribution is 7.99. The van der Waals surface area contributed by atoms with E-state index in [1.54, 1.807) is 0 Å². The Kier molecular flexibility index (Phi) is 5.09. The maximum absolute atomic E-state index is 6.13. The second-order valence-corrected chi connectivity index (χ2v) is 7.31. The molecular formula is C18H24N2S. The summed E-state index contributed by atoms with van der Waals surface area (Å²) in [5, 5.41) is 0. The van der Waals surface area contributed by atoms with E-state index >= 15 is 0 Å². The molecule has 0 heterocycles. The third-order valence-electron chi connectivity index (χ3n) is 3.29. The molecule has 0 unspecified atom stereocenters. The van der Waals surface area contributed by atoms with E-state index in [1.165, 1.54) is 15.4 Å². The van der Waals surface area contributed by atoms with E-state index in [0.717, 1.165) is 12.1 Å². The summed E-state index contributed by atoms with van der Waals surface area (Å²) in [4.78, 5) is 4.75. The second-order valence-electron chi connectivity index (χ2n) is 6.19. The van der Waals surface area contributed by atoms with Crippen LogP contribution < -0.4 is 5.73 Å². The predicted molar refractivity (Wildman–Crippen MR) is 91.6 cm³/mol. The van der Waals surface area contributed by atoms with Crippen molar-refractivity contribution in [2.24, 2.45) is 5.73 Å². The molecule has 2 rings (SSSR count). The molecule has 3 heteroatoms. The summed E-state index contributed by atoms with van der Waals surface area (Å²) in [6.07, 6.45) is 0. The molecule has 0 bridgehead atoms. The lowest BCUT2D eigenvalue weighted by molar-refractivity contribution is 0.399. The monoisotopic (exact) mass is 300 g/mol. The highest BCUT2D eigenvalue weighted by Gasteiger charge is 2.13. The molecular weight excluding hydrogens is 276 g/mol. The van der Waals surface area contributed by atoms with Gasteiger partial charge in [0.1, 0.15) is 0 Å². The first kappa shape index (κ1) is 16.1. The molecule has 0 aliphatic heterocycles. The van der Waals surface area contributed by atoms with Crippen LogP contribution in [0.4, 0.5) is 0 Å². The Balaban J connectivity index is 2.19. The molecule has 0 saturated carbocycles. The maximum Gasteiger partial charge on any atom is 0.0352 e. The predicted octanol–water partition coefficient (Wildman–Crippen LogP) is 4.09. The standard InChI is InChI=1S/C18H24N2S/c1-18(2,19)15-9-11-16(12-10-15)21-17-8-6-5-7-14(17)13-20(3)4/h5-12H,13,19H2,1-4H3. The zero-order valence-electron chi connectivity index (χ0n) is 13.3. The van der Waals surface area contributed by atoms with E-state index < -0.39 is 0 Å². The Bertz CT molecular complexity index is 583. The van der Waals surface area contributed by atoms with Gasteiger partial charge >= 0.3 is 0 Å². The summed E-state index contributed by atoms with van der Waals surface area (Å²) in [6, 6.07) is 17.1. The van der Waals surface area contributed by atoms with Crippen LogP contribution in [0.15, 0.2) is 58.3 Å². The van der Waals surface area contributed by atoms with Crippen molar-refractivity contribution in [2.45, 2.75) is 35.7 Å². The van der Waals surface area contributed by atoms with Crippen molar-refractivity contribution in [3.8, 4) is 0 Å². The summed E-state index contributed by atoms with van der Waals surface area (Å²) in [7, 11) is 4.19. The Hall–Kier alpha value is -1.29. The molecule has 21 heavy (non-hydrogen) atoms. The van der Waals surface area contributed by atoms with Crippen molar-refractivity contribution in [1.82, 2.24) is 4.90 Å². The molecule has 0 aliphatic rings. The molecule has 0 saturated heterocycles. The normalized spacial score (nSPS) is 11.9. The number of hydrogen-bond acceptors (Lipinski definition) is 3. The molecule has 2 nitrogen and oxygen atoms in total. The lowest BCUT2D eigenvalue weighted by Gasteiger charge is -2.19. The molecule has 2 aromatic carbocycles. The smallest absolute Gasteiger partial charge is 0.0352 e. The first-order valence-corrected chi connectivity index (χ1v) is 7.98. The van der Waals surface area contributed by atoms with E-state index in [0.29, 0.717) is 0 Å². The van der Waals surface area contributed by atoms with Gasteiger partial charge in [0.15, 0.2) is 0 Å². The average Bonchev–Trinajstić information content (AvgIpc) is 2.40. The van der Waals surface area contributed by atoms with Crippen LogP contribution in [0.2, 0.25) is 0 Å². The van der Waals surface area contributed by atoms with Crippen LogP contribution in [0.25, 0.3) is 0 Å². The van der Waals surface area contributed by atoms with Crippen LogP contribution in [0.3, 0.4) is 0 Å². The Labute approximate surface area is 132 Å². The zero-order chi connectivity index (χ0) is 15.5. The topological polar surface area (TPSA) is 29.3 Å². The van der Waals surface area contributed by atoms with Crippen molar-refractivity contribution in [3.05, 3.63) is 59.7 Å². The first-order chi connectivity index (χ1) is 9.86. The molecule has 0 atom stereocenters. The third kappa shape index (κ3) is 4.60. The van der Waals surface area contributed by atoms with Gasteiger partial charge in [0, 0.05) is 21.9 Å². The van der Waals surface area contributed by atoms with Crippen molar-refractivity contribution in [1.29, 1.82) is 0 Å². The lowest BCUT2D eigenvalue weighted by Crippen LogP contribution is -2.28. The minimum absolute atomic E-state index is 0.286. The SMILES string of the molecule is CN(C)Cc1ccccc1Sc1ccc(C(C)(C)N)cc1. The van der Waals surface area contributed by atoms with Gasteiger partial charge in [-0.1, -0.05) is 42.1 Å². The van der Waals surface area contributed by atoms with Crippen molar-refractivity contribution in [2.75, 3.05) is 14.1 Å². The molecule has 2 aromatic rings. The quantitative estimate of drug-likeness (QED) is 0.901. The molecule has 0 aliphatic carbocycles. The average molecular weight is 300 g/mol. The highest BCUT2D eigenvalue weighted by atomic mass is 32.2. The number of rotatable bonds is 5. The third-order valence-corrected chi connectivity index (χ3v) is 4.41. The van der Waals surface area contributed by atoms with Gasteiger partial charge < -0.3 is 10.6 Å². The maximum atomic E-state index is 6.13. The number of benzene rings is 2. The van der Waals surface area contributed by atoms with Gasteiger partial charge in [-0.2, -0.15) is 0 Å². The zero-order valence-corrected chi connectivity index (χ0v) is 14.1. The second kappa shape index (κ2) is 6.65. The molecule has 0 radical (unpaired) electrons. The van der Waals surface area contributed by atoms with E-state index in [2.05, 4.69) is 67.5 Å². The van der Waals surface area contributed by atoms with E-state index in [4.69, 9.17) is 5.73 Å². The van der Waals surface area contributed by atoms with Crippen LogP contribution in [0.1, 0.15) is 25.0 Å². The van der Waals surface area contributed by atoms with Gasteiger partial charge in [0.25, 0.3) is 0 Å². The fraction of sp³-hybridized carbons (Fsp3) is 0.333. The Morgan fingerprint density at radius 2 is 1.62 bits per heavy atom. The largest absolute Gasteiger partial charge is 0.322 e. The molecule has 0 fully saturated rings. The van der Waals surface area contributed by atoms with Crippen LogP contribution in [-0.4, -0.2) is 19.0 Å². The summed E-state index contributed by atoms with van der Waals surface area (Å²) >= 11 is 1.81. The van der Waals surface area contributed by atoms with Crippen LogP contribution in [-0.2, 0) is 12.1 Å². The van der Waals surface area contributed by atoms with E-state index in [-0.39, 0.29) is 5.54 Å². The van der Waals surface area contributed by atoms with Crippen molar-refractivity contribution < 1.29 is 0 Å². The van der Waals surface area contributed by atoms with Gasteiger partial charge in [-0.3, -0.25) is 0 Å². The van der Waals surface area contributed by atoms with Gasteiger partial charge in [-0.25, -0.2) is 0 Å². The van der Waals surface area contributed by atoms with E-state index in [1.807, 2.05) is 25.6 Å². The van der Waals surface area contributed by atoms with E-state index in [9.17, 15) is 0 Å². The van der Waals surface area contributed by atoms with Crippen LogP contribution in [0, 0.1) is 0 Å². The van der Waals surface area contributed by atoms with Gasteiger partial charge in [-0.05, 0) is 57.3 Å². The minimum atomic E-state index is -0.286. The van der Waals surface area contributed by atoms with Gasteiger partial charge in [-0.15, -0.1) is 0 Å². The minimum Gasteiger partial charge on any atom is -0.322 e. The van der Waals surface area contributed by atoms with Crippen molar-refractivity contribution >= 4 is 11.8 Å². The molecule has 0 aromatic heterocycles. The molecule has 2 N–H and O–H groups in total. The molecule has 0 spiro atoms. The summed E-state index contributed by atoms with van der Waals surface area (Å²) in [5.41, 5.74) is 8.36. The first-order valence-electron chi connectivity index (χ1n) is 7.16.